The fraction of sp³-hybridized carbons (Fsp3) is 0.172. The molecule has 5 aromatic rings. The molecule has 2 aromatic heterocycles. The van der Waals surface area contributed by atoms with E-state index < -0.39 is 5.97 Å². The van der Waals surface area contributed by atoms with Gasteiger partial charge in [0.25, 0.3) is 5.56 Å². The molecule has 0 atom stereocenters. The highest BCUT2D eigenvalue weighted by molar-refractivity contribution is 9.13. The van der Waals surface area contributed by atoms with Crippen LogP contribution in [0, 0.1) is 0 Å². The molecule has 0 fully saturated rings. The third kappa shape index (κ3) is 5.57. The number of carbonyl (C=O) groups excluding carboxylic acids is 1. The molecule has 0 saturated carbocycles. The summed E-state index contributed by atoms with van der Waals surface area (Å²) in [5.41, 5.74) is 1.24. The molecule has 0 aliphatic carbocycles. The predicted molar refractivity (Wildman–Crippen MR) is 161 cm³/mol. The SMILES string of the molecule is CCOC(=O)COc1c(OC)cc(C=Nn2c(-c3cc4c(OC)cccc4o3)nc3ccccc3c2=O)c(Br)c1Br. The number of methoxy groups -OCH3 is 2. The van der Waals surface area contributed by atoms with Crippen LogP contribution in [-0.2, 0) is 9.53 Å². The zero-order valence-corrected chi connectivity index (χ0v) is 25.3. The maximum atomic E-state index is 13.6. The van der Waals surface area contributed by atoms with Crippen molar-refractivity contribution in [3.05, 3.63) is 79.5 Å². The van der Waals surface area contributed by atoms with E-state index in [1.165, 1.54) is 18.0 Å². The zero-order chi connectivity index (χ0) is 29.1. The minimum absolute atomic E-state index is 0.208. The summed E-state index contributed by atoms with van der Waals surface area (Å²) in [6.07, 6.45) is 1.48. The van der Waals surface area contributed by atoms with Gasteiger partial charge in [0, 0.05) is 10.0 Å². The van der Waals surface area contributed by atoms with Gasteiger partial charge in [-0.2, -0.15) is 9.78 Å². The molecule has 3 aromatic carbocycles. The molecular formula is C29H23Br2N3O7. The van der Waals surface area contributed by atoms with Crippen molar-refractivity contribution in [2.75, 3.05) is 27.4 Å². The van der Waals surface area contributed by atoms with Crippen LogP contribution in [0.5, 0.6) is 17.2 Å². The number of esters is 1. The summed E-state index contributed by atoms with van der Waals surface area (Å²) < 4.78 is 29.9. The average molecular weight is 685 g/mol. The topological polar surface area (TPSA) is 114 Å². The number of hydrogen-bond acceptors (Lipinski definition) is 9. The van der Waals surface area contributed by atoms with Crippen molar-refractivity contribution in [2.24, 2.45) is 5.10 Å². The minimum atomic E-state index is -0.512. The van der Waals surface area contributed by atoms with Gasteiger partial charge in [-0.15, -0.1) is 0 Å². The highest BCUT2D eigenvalue weighted by Gasteiger charge is 2.20. The first-order valence-electron chi connectivity index (χ1n) is 12.3. The van der Waals surface area contributed by atoms with Crippen molar-refractivity contribution in [2.45, 2.75) is 6.92 Å². The van der Waals surface area contributed by atoms with Gasteiger partial charge >= 0.3 is 5.97 Å². The molecule has 41 heavy (non-hydrogen) atoms. The van der Waals surface area contributed by atoms with Gasteiger partial charge in [0.05, 0.1) is 47.8 Å². The van der Waals surface area contributed by atoms with Crippen molar-refractivity contribution >= 4 is 65.9 Å². The average Bonchev–Trinajstić information content (AvgIpc) is 3.42. The number of ether oxygens (including phenoxy) is 4. The van der Waals surface area contributed by atoms with E-state index >= 15 is 0 Å². The van der Waals surface area contributed by atoms with Crippen molar-refractivity contribution < 1.29 is 28.2 Å². The third-order valence-corrected chi connectivity index (χ3v) is 8.19. The van der Waals surface area contributed by atoms with Crippen molar-refractivity contribution in [3.8, 4) is 28.8 Å². The van der Waals surface area contributed by atoms with E-state index in [1.807, 2.05) is 12.1 Å². The number of nitrogens with zero attached hydrogens (tertiary/aromatic N) is 3. The van der Waals surface area contributed by atoms with Crippen LogP contribution in [0.15, 0.2) is 77.9 Å². The van der Waals surface area contributed by atoms with E-state index in [2.05, 4.69) is 37.0 Å². The minimum Gasteiger partial charge on any atom is -0.496 e. The second kappa shape index (κ2) is 12.1. The van der Waals surface area contributed by atoms with Crippen LogP contribution in [0.3, 0.4) is 0 Å². The molecule has 0 spiro atoms. The van der Waals surface area contributed by atoms with Crippen LogP contribution >= 0.6 is 31.9 Å². The van der Waals surface area contributed by atoms with Gasteiger partial charge in [0.1, 0.15) is 11.3 Å². The Morgan fingerprint density at radius 3 is 2.56 bits per heavy atom. The Kier molecular flexibility index (Phi) is 8.41. The van der Waals surface area contributed by atoms with E-state index in [1.54, 1.807) is 56.5 Å². The molecule has 0 radical (unpaired) electrons. The van der Waals surface area contributed by atoms with Gasteiger partial charge in [0.15, 0.2) is 23.9 Å². The molecule has 12 heteroatoms. The number of para-hydroxylation sites is 1. The van der Waals surface area contributed by atoms with Crippen LogP contribution in [0.25, 0.3) is 33.5 Å². The first-order chi connectivity index (χ1) is 19.9. The molecule has 0 N–H and O–H groups in total. The second-order valence-electron chi connectivity index (χ2n) is 8.52. The fourth-order valence-corrected chi connectivity index (χ4v) is 5.09. The molecule has 10 nitrogen and oxygen atoms in total. The van der Waals surface area contributed by atoms with Crippen molar-refractivity contribution in [3.63, 3.8) is 0 Å². The summed E-state index contributed by atoms with van der Waals surface area (Å²) >= 11 is 7.04. The number of rotatable bonds is 9. The lowest BCUT2D eigenvalue weighted by Crippen LogP contribution is -2.20. The Morgan fingerprint density at radius 1 is 1.02 bits per heavy atom. The van der Waals surface area contributed by atoms with Gasteiger partial charge < -0.3 is 23.4 Å². The predicted octanol–water partition coefficient (Wildman–Crippen LogP) is 6.18. The number of benzene rings is 3. The zero-order valence-electron chi connectivity index (χ0n) is 22.1. The summed E-state index contributed by atoms with van der Waals surface area (Å²) in [4.78, 5) is 30.2. The monoisotopic (exact) mass is 683 g/mol. The Labute approximate surface area is 250 Å². The van der Waals surface area contributed by atoms with E-state index in [9.17, 15) is 9.59 Å². The van der Waals surface area contributed by atoms with Crippen LogP contribution in [0.2, 0.25) is 0 Å². The van der Waals surface area contributed by atoms with Crippen molar-refractivity contribution in [1.82, 2.24) is 9.66 Å². The van der Waals surface area contributed by atoms with E-state index in [4.69, 9.17) is 28.3 Å². The standard InChI is InChI=1S/C29H23Br2N3O7/c1-4-39-24(35)15-40-27-22(38-3)12-16(25(30)26(27)31)14-32-34-28(33-19-9-6-5-8-17(19)29(34)36)23-13-18-20(37-2)10-7-11-21(18)41-23/h5-14H,4,15H2,1-3H3. The van der Waals surface area contributed by atoms with Gasteiger partial charge in [-0.25, -0.2) is 9.78 Å². The molecule has 0 unspecified atom stereocenters. The van der Waals surface area contributed by atoms with Crippen molar-refractivity contribution in [1.29, 1.82) is 0 Å². The van der Waals surface area contributed by atoms with E-state index in [0.717, 1.165) is 5.39 Å². The molecule has 0 aliphatic heterocycles. The van der Waals surface area contributed by atoms with Gasteiger partial charge in [-0.3, -0.25) is 4.79 Å². The van der Waals surface area contributed by atoms with Crippen LogP contribution < -0.4 is 19.8 Å². The molecule has 0 amide bonds. The number of halogens is 2. The normalized spacial score (nSPS) is 11.3. The first-order valence-corrected chi connectivity index (χ1v) is 13.9. The van der Waals surface area contributed by atoms with Gasteiger partial charge in [0.2, 0.25) is 5.82 Å². The van der Waals surface area contributed by atoms with E-state index in [0.29, 0.717) is 54.0 Å². The summed E-state index contributed by atoms with van der Waals surface area (Å²) in [5, 5.41) is 5.65. The highest BCUT2D eigenvalue weighted by atomic mass is 79.9. The maximum absolute atomic E-state index is 13.6. The Bertz CT molecular complexity index is 1860. The maximum Gasteiger partial charge on any atom is 0.344 e. The number of fused-ring (bicyclic) bond motifs is 2. The molecule has 5 rings (SSSR count). The van der Waals surface area contributed by atoms with Crippen LogP contribution in [0.4, 0.5) is 0 Å². The number of furan rings is 1. The largest absolute Gasteiger partial charge is 0.496 e. The first kappa shape index (κ1) is 28.4. The lowest BCUT2D eigenvalue weighted by Gasteiger charge is -2.15. The number of aromatic nitrogens is 2. The van der Waals surface area contributed by atoms with Gasteiger partial charge in [-0.05, 0) is 75.2 Å². The Morgan fingerprint density at radius 2 is 1.80 bits per heavy atom. The summed E-state index contributed by atoms with van der Waals surface area (Å²) in [6.45, 7) is 1.66. The smallest absolute Gasteiger partial charge is 0.344 e. The molecule has 2 heterocycles. The van der Waals surface area contributed by atoms with Crippen LogP contribution in [-0.4, -0.2) is 49.3 Å². The van der Waals surface area contributed by atoms with E-state index in [-0.39, 0.29) is 24.6 Å². The molecule has 0 aliphatic rings. The Balaban J connectivity index is 1.62. The Hall–Kier alpha value is -4.16. The molecule has 210 valence electrons. The number of carbonyl (C=O) groups is 1. The fourth-order valence-electron chi connectivity index (χ4n) is 4.15. The second-order valence-corrected chi connectivity index (χ2v) is 10.1. The summed E-state index contributed by atoms with van der Waals surface area (Å²) in [5.74, 6) is 1.29. The lowest BCUT2D eigenvalue weighted by atomic mass is 10.2. The molecule has 0 bridgehead atoms. The molecule has 0 saturated heterocycles. The third-order valence-electron chi connectivity index (χ3n) is 6.04. The lowest BCUT2D eigenvalue weighted by molar-refractivity contribution is -0.145. The van der Waals surface area contributed by atoms with Gasteiger partial charge in [-0.1, -0.05) is 18.2 Å². The highest BCUT2D eigenvalue weighted by Crippen LogP contribution is 2.42. The molecular weight excluding hydrogens is 662 g/mol. The summed E-state index contributed by atoms with van der Waals surface area (Å²) in [6, 6.07) is 15.9. The summed E-state index contributed by atoms with van der Waals surface area (Å²) in [7, 11) is 3.05. The van der Waals surface area contributed by atoms with Crippen LogP contribution in [0.1, 0.15) is 12.5 Å². The quantitative estimate of drug-likeness (QED) is 0.134. The number of hydrogen-bond donors (Lipinski definition) is 0.